The van der Waals surface area contributed by atoms with Gasteiger partial charge in [-0.3, -0.25) is 9.80 Å². The summed E-state index contributed by atoms with van der Waals surface area (Å²) >= 11 is 2.66. The molecule has 2 aromatic heterocycles. The molecule has 0 fully saturated rings. The summed E-state index contributed by atoms with van der Waals surface area (Å²) in [5.74, 6) is 6.41. The number of amides is 1. The highest BCUT2D eigenvalue weighted by molar-refractivity contribution is 7.98. The van der Waals surface area contributed by atoms with Crippen LogP contribution in [0.15, 0.2) is 29.4 Å². The number of hydrogen-bond acceptors (Lipinski definition) is 8. The number of benzene rings is 1. The lowest BCUT2D eigenvalue weighted by Crippen LogP contribution is -2.50. The van der Waals surface area contributed by atoms with Gasteiger partial charge in [0.1, 0.15) is 15.5 Å². The number of nitrogen functional groups attached to an aromatic ring is 1. The molecule has 28 heavy (non-hydrogen) atoms. The number of rotatable bonds is 4. The summed E-state index contributed by atoms with van der Waals surface area (Å²) in [5, 5.41) is 2.45. The number of fused-ring (bicyclic) bond motifs is 1. The van der Waals surface area contributed by atoms with E-state index in [1.807, 2.05) is 51.3 Å². The van der Waals surface area contributed by atoms with Gasteiger partial charge in [-0.25, -0.2) is 15.8 Å². The summed E-state index contributed by atoms with van der Waals surface area (Å²) in [5.41, 5.74) is 7.72. The minimum Gasteiger partial charge on any atom is -0.497 e. The number of aromatic nitrogens is 2. The Hall–Kier alpha value is -2.36. The van der Waals surface area contributed by atoms with Crippen LogP contribution in [0, 0.1) is 0 Å². The van der Waals surface area contributed by atoms with E-state index < -0.39 is 5.54 Å². The number of carbonyl (C=O) groups excluding carboxylic acids is 1. The average molecular weight is 418 g/mol. The van der Waals surface area contributed by atoms with E-state index in [0.29, 0.717) is 37.4 Å². The van der Waals surface area contributed by atoms with E-state index in [9.17, 15) is 4.79 Å². The van der Waals surface area contributed by atoms with Gasteiger partial charge >= 0.3 is 0 Å². The van der Waals surface area contributed by atoms with Gasteiger partial charge in [0.05, 0.1) is 29.4 Å². The van der Waals surface area contributed by atoms with Crippen molar-refractivity contribution in [2.75, 3.05) is 19.1 Å². The van der Waals surface area contributed by atoms with Crippen LogP contribution in [0.2, 0.25) is 0 Å². The van der Waals surface area contributed by atoms with Gasteiger partial charge in [0.2, 0.25) is 0 Å². The topological polar surface area (TPSA) is 107 Å². The van der Waals surface area contributed by atoms with Crippen molar-refractivity contribution in [2.24, 2.45) is 5.84 Å². The molecule has 7 nitrogen and oxygen atoms in total. The van der Waals surface area contributed by atoms with Gasteiger partial charge < -0.3 is 10.5 Å². The van der Waals surface area contributed by atoms with Gasteiger partial charge in [-0.15, -0.1) is 11.3 Å². The fraction of sp³-hybridized carbons (Fsp3) is 0.316. The first-order valence-corrected chi connectivity index (χ1v) is 10.6. The second kappa shape index (κ2) is 7.57. The predicted octanol–water partition coefficient (Wildman–Crippen LogP) is 3.79. The quantitative estimate of drug-likeness (QED) is 0.219. The molecule has 3 rings (SSSR count). The molecule has 9 heteroatoms. The molecular formula is C19H23N5O2S2. The van der Waals surface area contributed by atoms with Crippen LogP contribution in [0.5, 0.6) is 5.75 Å². The molecule has 0 aliphatic rings. The number of thioether (sulfide) groups is 1. The number of nitrogens with zero attached hydrogens (tertiary/aromatic N) is 3. The Morgan fingerprint density at radius 3 is 2.61 bits per heavy atom. The molecular weight excluding hydrogens is 394 g/mol. The molecule has 0 aliphatic carbocycles. The first-order chi connectivity index (χ1) is 13.2. The lowest BCUT2D eigenvalue weighted by Gasteiger charge is -2.30. The Morgan fingerprint density at radius 2 is 2.00 bits per heavy atom. The molecule has 0 atom stereocenters. The van der Waals surface area contributed by atoms with Crippen molar-refractivity contribution in [3.05, 3.63) is 29.1 Å². The van der Waals surface area contributed by atoms with Gasteiger partial charge in [0.15, 0.2) is 5.16 Å². The number of carbonyl (C=O) groups is 1. The lowest BCUT2D eigenvalue weighted by atomic mass is 10.1. The highest BCUT2D eigenvalue weighted by Gasteiger charge is 2.29. The molecule has 0 spiro atoms. The van der Waals surface area contributed by atoms with Crippen LogP contribution in [0.25, 0.3) is 21.5 Å². The Morgan fingerprint density at radius 1 is 1.29 bits per heavy atom. The first kappa shape index (κ1) is 20.4. The summed E-state index contributed by atoms with van der Waals surface area (Å²) in [4.78, 5) is 23.2. The number of thiophene rings is 1. The molecule has 0 saturated carbocycles. The summed E-state index contributed by atoms with van der Waals surface area (Å²) in [6, 6.07) is 7.56. The number of ether oxygens (including phenoxy) is 1. The van der Waals surface area contributed by atoms with E-state index >= 15 is 0 Å². The van der Waals surface area contributed by atoms with Gasteiger partial charge in [0, 0.05) is 5.56 Å². The third kappa shape index (κ3) is 3.65. The average Bonchev–Trinajstić information content (AvgIpc) is 3.01. The van der Waals surface area contributed by atoms with Gasteiger partial charge in [-0.05, 0) is 39.2 Å². The zero-order valence-electron chi connectivity index (χ0n) is 16.4. The van der Waals surface area contributed by atoms with E-state index in [1.165, 1.54) is 28.1 Å². The second-order valence-electron chi connectivity index (χ2n) is 7.16. The molecule has 0 bridgehead atoms. The molecule has 1 aromatic carbocycles. The number of hydrazine groups is 1. The molecule has 2 heterocycles. The molecule has 0 aliphatic heterocycles. The van der Waals surface area contributed by atoms with Crippen molar-refractivity contribution in [1.82, 2.24) is 15.0 Å². The second-order valence-corrected chi connectivity index (χ2v) is 8.93. The summed E-state index contributed by atoms with van der Waals surface area (Å²) < 4.78 is 5.33. The van der Waals surface area contributed by atoms with Gasteiger partial charge in [-0.2, -0.15) is 0 Å². The van der Waals surface area contributed by atoms with Crippen LogP contribution >= 0.6 is 23.1 Å². The summed E-state index contributed by atoms with van der Waals surface area (Å²) in [6.07, 6.45) is 1.90. The minimum absolute atomic E-state index is 0.338. The Balaban J connectivity index is 2.25. The Labute approximate surface area is 172 Å². The van der Waals surface area contributed by atoms with Crippen LogP contribution < -0.4 is 16.3 Å². The highest BCUT2D eigenvalue weighted by atomic mass is 32.2. The molecule has 3 aromatic rings. The van der Waals surface area contributed by atoms with Crippen LogP contribution in [-0.2, 0) is 0 Å². The third-order valence-corrected chi connectivity index (χ3v) is 5.86. The van der Waals surface area contributed by atoms with Crippen LogP contribution in [-0.4, -0.2) is 39.8 Å². The van der Waals surface area contributed by atoms with E-state index in [2.05, 4.69) is 9.97 Å². The molecule has 0 radical (unpaired) electrons. The number of nitrogens with two attached hydrogens (primary N) is 2. The van der Waals surface area contributed by atoms with E-state index in [-0.39, 0.29) is 5.91 Å². The fourth-order valence-electron chi connectivity index (χ4n) is 2.65. The summed E-state index contributed by atoms with van der Waals surface area (Å²) in [7, 11) is 1.61. The minimum atomic E-state index is -0.536. The normalized spacial score (nSPS) is 11.6. The van der Waals surface area contributed by atoms with Crippen molar-refractivity contribution in [3.8, 4) is 17.0 Å². The Kier molecular flexibility index (Phi) is 5.51. The molecule has 0 saturated heterocycles. The molecule has 148 valence electrons. The molecule has 4 N–H and O–H groups in total. The number of methoxy groups -OCH3 is 1. The third-order valence-electron chi connectivity index (χ3n) is 4.23. The van der Waals surface area contributed by atoms with Crippen LogP contribution in [0.3, 0.4) is 0 Å². The maximum absolute atomic E-state index is 12.9. The Bertz CT molecular complexity index is 1040. The number of anilines is 1. The monoisotopic (exact) mass is 417 g/mol. The van der Waals surface area contributed by atoms with E-state index in [0.717, 1.165) is 5.56 Å². The van der Waals surface area contributed by atoms with E-state index in [1.54, 1.807) is 7.11 Å². The maximum Gasteiger partial charge on any atom is 0.280 e. The van der Waals surface area contributed by atoms with Crippen molar-refractivity contribution in [1.29, 1.82) is 0 Å². The smallest absolute Gasteiger partial charge is 0.280 e. The predicted molar refractivity (Wildman–Crippen MR) is 116 cm³/mol. The van der Waals surface area contributed by atoms with Crippen LogP contribution in [0.4, 0.5) is 5.69 Å². The zero-order valence-corrected chi connectivity index (χ0v) is 18.1. The maximum atomic E-state index is 12.9. The summed E-state index contributed by atoms with van der Waals surface area (Å²) in [6.45, 7) is 5.59. The largest absolute Gasteiger partial charge is 0.497 e. The van der Waals surface area contributed by atoms with Crippen molar-refractivity contribution >= 4 is 44.9 Å². The fourth-order valence-corrected chi connectivity index (χ4v) is 4.10. The van der Waals surface area contributed by atoms with Crippen LogP contribution in [0.1, 0.15) is 30.4 Å². The lowest BCUT2D eigenvalue weighted by molar-refractivity contribution is 0.0588. The van der Waals surface area contributed by atoms with Crippen molar-refractivity contribution in [2.45, 2.75) is 31.5 Å². The first-order valence-electron chi connectivity index (χ1n) is 8.55. The SMILES string of the molecule is COc1cccc(-c2nc(SC)nc3sc(C(=O)N(N)C(C)(C)C)c(N)c23)c1. The van der Waals surface area contributed by atoms with Crippen molar-refractivity contribution < 1.29 is 9.53 Å². The van der Waals surface area contributed by atoms with Gasteiger partial charge in [0.25, 0.3) is 5.91 Å². The van der Waals surface area contributed by atoms with E-state index in [4.69, 9.17) is 16.3 Å². The van der Waals surface area contributed by atoms with Gasteiger partial charge in [-0.1, -0.05) is 23.9 Å². The zero-order chi connectivity index (χ0) is 20.6. The van der Waals surface area contributed by atoms with Crippen molar-refractivity contribution in [3.63, 3.8) is 0 Å². The highest BCUT2D eigenvalue weighted by Crippen LogP contribution is 2.40. The molecule has 0 unspecified atom stereocenters. The number of hydrogen-bond donors (Lipinski definition) is 2. The molecule has 1 amide bonds. The standard InChI is InChI=1S/C19H23N5O2S2/c1-19(2,3)24(21)17(25)15-13(20)12-14(10-7-6-8-11(9-10)26-4)22-18(27-5)23-16(12)28-15/h6-9H,20-21H2,1-5H3.